The summed E-state index contributed by atoms with van der Waals surface area (Å²) in [5.74, 6) is 0.190. The van der Waals surface area contributed by atoms with Crippen LogP contribution in [-0.2, 0) is 0 Å². The van der Waals surface area contributed by atoms with Gasteiger partial charge in [0.25, 0.3) is 0 Å². The number of hydrogen-bond donors (Lipinski definition) is 0. The van der Waals surface area contributed by atoms with E-state index in [2.05, 4.69) is 0 Å². The van der Waals surface area contributed by atoms with Crippen molar-refractivity contribution in [3.63, 3.8) is 0 Å². The fourth-order valence-electron chi connectivity index (χ4n) is 0. The summed E-state index contributed by atoms with van der Waals surface area (Å²) in [5, 5.41) is 7.89. The van der Waals surface area contributed by atoms with Crippen molar-refractivity contribution in [1.82, 2.24) is 0 Å². The number of hydrogen-bond acceptors (Lipinski definition) is 1. The zero-order chi connectivity index (χ0) is 4.28. The largest absolute Gasteiger partial charge is 0.198 e. The third kappa shape index (κ3) is 9.15. The lowest BCUT2D eigenvalue weighted by molar-refractivity contribution is 0.849. The van der Waals surface area contributed by atoms with Crippen molar-refractivity contribution in [3.8, 4) is 6.07 Å². The molecule has 0 aliphatic heterocycles. The van der Waals surface area contributed by atoms with Gasteiger partial charge in [-0.25, -0.2) is 0 Å². The molecule has 0 aromatic carbocycles. The van der Waals surface area contributed by atoms with Crippen LogP contribution in [0.2, 0.25) is 0 Å². The van der Waals surface area contributed by atoms with Gasteiger partial charge in [-0.05, 0) is 13.8 Å². The Hall–Kier alpha value is -0.160. The fourth-order valence-corrected chi connectivity index (χ4v) is 0. The lowest BCUT2D eigenvalue weighted by Crippen LogP contribution is -1.72. The Morgan fingerprint density at radius 2 is 1.67 bits per heavy atom. The fraction of sp³-hybridized carbons (Fsp3) is 0.750. The monoisotopic (exact) mass is 103 g/mol. The molecular weight excluding hydrogens is 94.1 g/mol. The van der Waals surface area contributed by atoms with Gasteiger partial charge in [-0.15, -0.1) is 0 Å². The van der Waals surface area contributed by atoms with E-state index in [0.717, 1.165) is 0 Å². The minimum Gasteiger partial charge on any atom is -0.198 e. The second kappa shape index (κ2) is 4.84. The Morgan fingerprint density at radius 3 is 1.67 bits per heavy atom. The third-order valence-electron chi connectivity index (χ3n) is 0.258. The second-order valence-corrected chi connectivity index (χ2v) is 1.28. The predicted octanol–water partition coefficient (Wildman–Crippen LogP) is 1.28. The summed E-state index contributed by atoms with van der Waals surface area (Å²) in [6.45, 7) is 3.72. The minimum atomic E-state index is 0. The molecule has 0 unspecified atom stereocenters. The average molecular weight is 103 g/mol. The highest BCUT2D eigenvalue weighted by Gasteiger charge is 1.78. The summed E-state index contributed by atoms with van der Waals surface area (Å²) in [6.07, 6.45) is 0. The van der Waals surface area contributed by atoms with Gasteiger partial charge in [0.2, 0.25) is 0 Å². The molecule has 2 heteroatoms. The zero-order valence-electron chi connectivity index (χ0n) is 4.02. The van der Waals surface area contributed by atoms with E-state index in [4.69, 9.17) is 5.26 Å². The van der Waals surface area contributed by atoms with Crippen molar-refractivity contribution in [2.45, 2.75) is 13.8 Å². The van der Waals surface area contributed by atoms with Gasteiger partial charge < -0.3 is 0 Å². The summed E-state index contributed by atoms with van der Waals surface area (Å²) in [6, 6.07) is 2.03. The molecule has 0 saturated carbocycles. The highest BCUT2D eigenvalue weighted by molar-refractivity contribution is 7.59. The van der Waals surface area contributed by atoms with Crippen molar-refractivity contribution in [3.05, 3.63) is 0 Å². The molecule has 6 heavy (non-hydrogen) atoms. The van der Waals surface area contributed by atoms with Crippen LogP contribution < -0.4 is 0 Å². The van der Waals surface area contributed by atoms with Gasteiger partial charge in [-0.2, -0.15) is 18.8 Å². The topological polar surface area (TPSA) is 23.8 Å². The summed E-state index contributed by atoms with van der Waals surface area (Å²) in [7, 11) is 0. The summed E-state index contributed by atoms with van der Waals surface area (Å²) in [4.78, 5) is 0. The molecule has 0 fully saturated rings. The molecule has 0 radical (unpaired) electrons. The van der Waals surface area contributed by atoms with Crippen LogP contribution in [0.5, 0.6) is 0 Å². The Labute approximate surface area is 45.4 Å². The molecule has 0 aliphatic rings. The van der Waals surface area contributed by atoms with E-state index >= 15 is 0 Å². The second-order valence-electron chi connectivity index (χ2n) is 1.28. The van der Waals surface area contributed by atoms with Crippen LogP contribution in [0.1, 0.15) is 13.8 Å². The molecular formula is C4H9NS. The van der Waals surface area contributed by atoms with E-state index in [-0.39, 0.29) is 19.4 Å². The molecule has 0 amide bonds. The minimum absolute atomic E-state index is 0. The first-order valence-corrected chi connectivity index (χ1v) is 1.67. The maximum atomic E-state index is 7.89. The van der Waals surface area contributed by atoms with Crippen LogP contribution in [0.3, 0.4) is 0 Å². The van der Waals surface area contributed by atoms with Gasteiger partial charge in [0.1, 0.15) is 0 Å². The molecule has 1 nitrogen and oxygen atoms in total. The Morgan fingerprint density at radius 1 is 1.50 bits per heavy atom. The average Bonchev–Trinajstić information content (AvgIpc) is 1.38. The Bertz CT molecular complexity index is 53.1. The first kappa shape index (κ1) is 9.28. The maximum absolute atomic E-state index is 7.89. The quantitative estimate of drug-likeness (QED) is 0.453. The normalized spacial score (nSPS) is 6.33. The highest BCUT2D eigenvalue weighted by atomic mass is 32.1. The molecule has 0 bridgehead atoms. The standard InChI is InChI=1S/C4H7N.H2S/c1-4(2)3-5;/h4H,1-2H3;1H2. The highest BCUT2D eigenvalue weighted by Crippen LogP contribution is 1.81. The molecule has 36 valence electrons. The van der Waals surface area contributed by atoms with E-state index in [1.54, 1.807) is 0 Å². The molecule has 0 heterocycles. The summed E-state index contributed by atoms with van der Waals surface area (Å²) < 4.78 is 0. The maximum Gasteiger partial charge on any atom is 0.0649 e. The molecule has 0 N–H and O–H groups in total. The number of rotatable bonds is 0. The van der Waals surface area contributed by atoms with E-state index in [1.807, 2.05) is 19.9 Å². The van der Waals surface area contributed by atoms with Crippen molar-refractivity contribution in [1.29, 1.82) is 5.26 Å². The van der Waals surface area contributed by atoms with Gasteiger partial charge >= 0.3 is 0 Å². The smallest absolute Gasteiger partial charge is 0.0649 e. The molecule has 0 atom stereocenters. The van der Waals surface area contributed by atoms with E-state index in [1.165, 1.54) is 0 Å². The van der Waals surface area contributed by atoms with Crippen LogP contribution >= 0.6 is 13.5 Å². The molecule has 0 aromatic heterocycles. The molecule has 0 aliphatic carbocycles. The van der Waals surface area contributed by atoms with Crippen molar-refractivity contribution < 1.29 is 0 Å². The molecule has 0 saturated heterocycles. The van der Waals surface area contributed by atoms with Gasteiger partial charge in [0, 0.05) is 5.92 Å². The summed E-state index contributed by atoms with van der Waals surface area (Å²) >= 11 is 0. The molecule has 0 aromatic rings. The lowest BCUT2D eigenvalue weighted by atomic mass is 10.3. The molecule has 0 rings (SSSR count). The zero-order valence-corrected chi connectivity index (χ0v) is 5.02. The van der Waals surface area contributed by atoms with Crippen molar-refractivity contribution in [2.24, 2.45) is 5.92 Å². The van der Waals surface area contributed by atoms with E-state index in [0.29, 0.717) is 0 Å². The lowest BCUT2D eigenvalue weighted by Gasteiger charge is -1.75. The Kier molecular flexibility index (Phi) is 7.48. The van der Waals surface area contributed by atoms with Gasteiger partial charge in [-0.1, -0.05) is 0 Å². The molecule has 0 spiro atoms. The van der Waals surface area contributed by atoms with E-state index in [9.17, 15) is 0 Å². The summed E-state index contributed by atoms with van der Waals surface area (Å²) in [5.41, 5.74) is 0. The predicted molar refractivity (Wildman–Crippen MR) is 30.8 cm³/mol. The van der Waals surface area contributed by atoms with Crippen molar-refractivity contribution in [2.75, 3.05) is 0 Å². The first-order chi connectivity index (χ1) is 2.27. The van der Waals surface area contributed by atoms with Gasteiger partial charge in [-0.3, -0.25) is 0 Å². The van der Waals surface area contributed by atoms with Crippen LogP contribution in [0.25, 0.3) is 0 Å². The first-order valence-electron chi connectivity index (χ1n) is 1.67. The van der Waals surface area contributed by atoms with Crippen molar-refractivity contribution >= 4 is 13.5 Å². The van der Waals surface area contributed by atoms with Crippen LogP contribution in [0, 0.1) is 17.2 Å². The van der Waals surface area contributed by atoms with Gasteiger partial charge in [0.15, 0.2) is 0 Å². The van der Waals surface area contributed by atoms with Crippen LogP contribution in [0.15, 0.2) is 0 Å². The van der Waals surface area contributed by atoms with Crippen LogP contribution in [0.4, 0.5) is 0 Å². The third-order valence-corrected chi connectivity index (χ3v) is 0.258. The SMILES string of the molecule is CC(C)C#N.S. The Balaban J connectivity index is 0. The van der Waals surface area contributed by atoms with E-state index < -0.39 is 0 Å². The van der Waals surface area contributed by atoms with Crippen LogP contribution in [-0.4, -0.2) is 0 Å². The van der Waals surface area contributed by atoms with Gasteiger partial charge in [0.05, 0.1) is 6.07 Å². The number of nitrogens with zero attached hydrogens (tertiary/aromatic N) is 1. The number of nitriles is 1.